The Morgan fingerprint density at radius 3 is 2.55 bits per heavy atom. The molecular weight excluding hydrogens is 367 g/mol. The molecule has 0 unspecified atom stereocenters. The predicted molar refractivity (Wildman–Crippen MR) is 111 cm³/mol. The number of carbonyl (C=O) groups excluding carboxylic acids is 1. The van der Waals surface area contributed by atoms with Gasteiger partial charge in [-0.2, -0.15) is 5.26 Å². The van der Waals surface area contributed by atoms with Crippen LogP contribution in [-0.4, -0.2) is 29.0 Å². The van der Waals surface area contributed by atoms with Gasteiger partial charge in [0, 0.05) is 12.2 Å². The number of anilines is 1. The minimum atomic E-state index is -0.383. The lowest BCUT2D eigenvalue weighted by atomic mass is 10.2. The number of benzene rings is 2. The van der Waals surface area contributed by atoms with E-state index in [1.165, 1.54) is 12.1 Å². The van der Waals surface area contributed by atoms with E-state index in [2.05, 4.69) is 11.4 Å². The summed E-state index contributed by atoms with van der Waals surface area (Å²) in [6, 6.07) is 18.1. The van der Waals surface area contributed by atoms with Gasteiger partial charge in [-0.1, -0.05) is 36.4 Å². The van der Waals surface area contributed by atoms with Crippen LogP contribution in [0.1, 0.15) is 22.4 Å². The molecule has 3 aromatic rings. The summed E-state index contributed by atoms with van der Waals surface area (Å²) in [6.45, 7) is 4.45. The SMILES string of the molecule is Cc1c(C#N)c(NC(=O)CN(C)Cc2ccccc2)n(-c2cccc(F)c2)c1C. The molecule has 0 atom stereocenters. The van der Waals surface area contributed by atoms with E-state index < -0.39 is 0 Å². The Bertz CT molecular complexity index is 1070. The van der Waals surface area contributed by atoms with E-state index in [1.54, 1.807) is 16.7 Å². The molecule has 2 aromatic carbocycles. The van der Waals surface area contributed by atoms with Gasteiger partial charge in [-0.3, -0.25) is 14.3 Å². The molecular formula is C23H23FN4O. The number of hydrogen-bond donors (Lipinski definition) is 1. The van der Waals surface area contributed by atoms with E-state index >= 15 is 0 Å². The fourth-order valence-corrected chi connectivity index (χ4v) is 3.37. The molecule has 1 aromatic heterocycles. The third-order valence-electron chi connectivity index (χ3n) is 4.86. The van der Waals surface area contributed by atoms with Crippen molar-refractivity contribution in [3.63, 3.8) is 0 Å². The van der Waals surface area contributed by atoms with Gasteiger partial charge in [0.2, 0.25) is 5.91 Å². The second-order valence-electron chi connectivity index (χ2n) is 7.07. The summed E-state index contributed by atoms with van der Waals surface area (Å²) in [7, 11) is 1.86. The highest BCUT2D eigenvalue weighted by Crippen LogP contribution is 2.30. The van der Waals surface area contributed by atoms with Crippen molar-refractivity contribution in [3.8, 4) is 11.8 Å². The van der Waals surface area contributed by atoms with E-state index in [-0.39, 0.29) is 18.3 Å². The van der Waals surface area contributed by atoms with Crippen LogP contribution in [0.4, 0.5) is 10.2 Å². The molecule has 0 radical (unpaired) electrons. The van der Waals surface area contributed by atoms with Crippen LogP contribution in [0, 0.1) is 31.0 Å². The van der Waals surface area contributed by atoms with Crippen LogP contribution in [0.3, 0.4) is 0 Å². The van der Waals surface area contributed by atoms with Gasteiger partial charge < -0.3 is 5.32 Å². The first-order valence-corrected chi connectivity index (χ1v) is 9.31. The Morgan fingerprint density at radius 2 is 1.90 bits per heavy atom. The summed E-state index contributed by atoms with van der Waals surface area (Å²) in [5.74, 6) is -0.257. The highest BCUT2D eigenvalue weighted by molar-refractivity contribution is 5.93. The molecule has 1 amide bonds. The molecule has 0 aliphatic rings. The second kappa shape index (κ2) is 8.72. The normalized spacial score (nSPS) is 10.8. The Morgan fingerprint density at radius 1 is 1.17 bits per heavy atom. The molecule has 3 rings (SSSR count). The van der Waals surface area contributed by atoms with Crippen molar-refractivity contribution >= 4 is 11.7 Å². The molecule has 5 nitrogen and oxygen atoms in total. The predicted octanol–water partition coefficient (Wildman–Crippen LogP) is 4.18. The van der Waals surface area contributed by atoms with Gasteiger partial charge in [0.1, 0.15) is 17.7 Å². The van der Waals surface area contributed by atoms with Crippen molar-refractivity contribution in [1.29, 1.82) is 5.26 Å². The number of hydrogen-bond acceptors (Lipinski definition) is 3. The molecule has 0 aliphatic heterocycles. The number of halogens is 1. The maximum absolute atomic E-state index is 13.8. The second-order valence-corrected chi connectivity index (χ2v) is 7.07. The van der Waals surface area contributed by atoms with Gasteiger partial charge in [0.05, 0.1) is 17.8 Å². The first-order chi connectivity index (χ1) is 13.9. The molecule has 0 fully saturated rings. The van der Waals surface area contributed by atoms with Crippen molar-refractivity contribution in [3.05, 3.63) is 82.8 Å². The summed E-state index contributed by atoms with van der Waals surface area (Å²) in [5, 5.41) is 12.5. The number of aromatic nitrogens is 1. The zero-order valence-electron chi connectivity index (χ0n) is 16.7. The van der Waals surface area contributed by atoms with Gasteiger partial charge >= 0.3 is 0 Å². The van der Waals surface area contributed by atoms with Crippen LogP contribution in [-0.2, 0) is 11.3 Å². The largest absolute Gasteiger partial charge is 0.310 e. The molecule has 1 heterocycles. The summed E-state index contributed by atoms with van der Waals surface area (Å²) in [5.41, 5.74) is 3.57. The molecule has 6 heteroatoms. The smallest absolute Gasteiger partial charge is 0.239 e. The average Bonchev–Trinajstić information content (AvgIpc) is 2.91. The Hall–Kier alpha value is -3.43. The van der Waals surface area contributed by atoms with Crippen LogP contribution in [0.15, 0.2) is 54.6 Å². The van der Waals surface area contributed by atoms with Crippen LogP contribution in [0.5, 0.6) is 0 Å². The molecule has 1 N–H and O–H groups in total. The first kappa shape index (κ1) is 20.3. The number of carbonyl (C=O) groups is 1. The highest BCUT2D eigenvalue weighted by Gasteiger charge is 2.21. The van der Waals surface area contributed by atoms with Crippen LogP contribution < -0.4 is 5.32 Å². The highest BCUT2D eigenvalue weighted by atomic mass is 19.1. The molecule has 0 saturated heterocycles. The Labute approximate surface area is 170 Å². The first-order valence-electron chi connectivity index (χ1n) is 9.31. The number of nitrogens with one attached hydrogen (secondary N) is 1. The number of rotatable bonds is 6. The summed E-state index contributed by atoms with van der Waals surface area (Å²) >= 11 is 0. The van der Waals surface area contributed by atoms with Crippen LogP contribution in [0.25, 0.3) is 5.69 Å². The van der Waals surface area contributed by atoms with Crippen LogP contribution in [0.2, 0.25) is 0 Å². The quantitative estimate of drug-likeness (QED) is 0.687. The summed E-state index contributed by atoms with van der Waals surface area (Å²) < 4.78 is 15.5. The number of nitriles is 1. The maximum Gasteiger partial charge on any atom is 0.239 e. The zero-order valence-corrected chi connectivity index (χ0v) is 16.7. The lowest BCUT2D eigenvalue weighted by Gasteiger charge is -2.18. The molecule has 0 bridgehead atoms. The average molecular weight is 390 g/mol. The molecule has 0 saturated carbocycles. The lowest BCUT2D eigenvalue weighted by Crippen LogP contribution is -2.30. The lowest BCUT2D eigenvalue weighted by molar-refractivity contribution is -0.117. The fourth-order valence-electron chi connectivity index (χ4n) is 3.37. The zero-order chi connectivity index (χ0) is 21.0. The van der Waals surface area contributed by atoms with E-state index in [0.29, 0.717) is 23.6 Å². The van der Waals surface area contributed by atoms with Crippen molar-refractivity contribution in [1.82, 2.24) is 9.47 Å². The van der Waals surface area contributed by atoms with E-state index in [4.69, 9.17) is 0 Å². The standard InChI is InChI=1S/C23H23FN4O/c1-16-17(2)28(20-11-7-10-19(24)12-20)23(21(16)13-25)26-22(29)15-27(3)14-18-8-5-4-6-9-18/h4-12H,14-15H2,1-3H3,(H,26,29). The minimum Gasteiger partial charge on any atom is -0.310 e. The number of likely N-dealkylation sites (N-methyl/N-ethyl adjacent to an activating group) is 1. The van der Waals surface area contributed by atoms with E-state index in [1.807, 2.05) is 56.1 Å². The maximum atomic E-state index is 13.8. The van der Waals surface area contributed by atoms with Gasteiger partial charge in [0.25, 0.3) is 0 Å². The van der Waals surface area contributed by atoms with Gasteiger partial charge in [0.15, 0.2) is 0 Å². The monoisotopic (exact) mass is 390 g/mol. The number of nitrogens with zero attached hydrogens (tertiary/aromatic N) is 3. The summed E-state index contributed by atoms with van der Waals surface area (Å²) in [6.07, 6.45) is 0. The number of amides is 1. The van der Waals surface area contributed by atoms with Gasteiger partial charge in [-0.25, -0.2) is 4.39 Å². The third-order valence-corrected chi connectivity index (χ3v) is 4.86. The molecule has 0 spiro atoms. The summed E-state index contributed by atoms with van der Waals surface area (Å²) in [4.78, 5) is 14.6. The molecule has 29 heavy (non-hydrogen) atoms. The van der Waals surface area contributed by atoms with Crippen LogP contribution >= 0.6 is 0 Å². The molecule has 148 valence electrons. The Balaban J connectivity index is 1.85. The van der Waals surface area contributed by atoms with Crippen molar-refractivity contribution in [2.75, 3.05) is 18.9 Å². The van der Waals surface area contributed by atoms with Gasteiger partial charge in [-0.15, -0.1) is 0 Å². The van der Waals surface area contributed by atoms with Crippen molar-refractivity contribution in [2.24, 2.45) is 0 Å². The fraction of sp³-hybridized carbons (Fsp3) is 0.217. The Kier molecular flexibility index (Phi) is 6.10. The third kappa shape index (κ3) is 4.53. The molecule has 0 aliphatic carbocycles. The van der Waals surface area contributed by atoms with Gasteiger partial charge in [-0.05, 0) is 50.2 Å². The topological polar surface area (TPSA) is 61.1 Å². The van der Waals surface area contributed by atoms with E-state index in [0.717, 1.165) is 16.8 Å². The van der Waals surface area contributed by atoms with Crippen molar-refractivity contribution in [2.45, 2.75) is 20.4 Å². The van der Waals surface area contributed by atoms with E-state index in [9.17, 15) is 14.4 Å². The van der Waals surface area contributed by atoms with Crippen molar-refractivity contribution < 1.29 is 9.18 Å². The minimum absolute atomic E-state index is 0.159.